The number of nitrogens with zero attached hydrogens (tertiary/aromatic N) is 6. The fourth-order valence-electron chi connectivity index (χ4n) is 3.54. The second-order valence-electron chi connectivity index (χ2n) is 6.44. The van der Waals surface area contributed by atoms with Crippen LogP contribution in [0.15, 0.2) is 30.7 Å². The van der Waals surface area contributed by atoms with Crippen molar-refractivity contribution >= 4 is 5.78 Å². The molecule has 0 radical (unpaired) electrons. The van der Waals surface area contributed by atoms with Crippen molar-refractivity contribution in [2.75, 3.05) is 6.54 Å². The zero-order chi connectivity index (χ0) is 15.8. The maximum absolute atomic E-state index is 4.72. The molecule has 0 bridgehead atoms. The van der Waals surface area contributed by atoms with E-state index in [1.54, 1.807) is 0 Å². The number of imidazole rings is 1. The third kappa shape index (κ3) is 2.86. The normalized spacial score (nSPS) is 19.0. The fourth-order valence-corrected chi connectivity index (χ4v) is 3.54. The molecular formula is C17H22N6. The van der Waals surface area contributed by atoms with Gasteiger partial charge < -0.3 is 0 Å². The SMILES string of the molecule is Cc1cc(C)n2cc(CN3CCC[C@@H]3Cn3cccn3)nc2n1. The number of hydrogen-bond donors (Lipinski definition) is 0. The highest BCUT2D eigenvalue weighted by molar-refractivity contribution is 5.34. The second-order valence-corrected chi connectivity index (χ2v) is 6.44. The van der Waals surface area contributed by atoms with Crippen LogP contribution in [0, 0.1) is 13.8 Å². The summed E-state index contributed by atoms with van der Waals surface area (Å²) in [6, 6.07) is 4.61. The molecule has 23 heavy (non-hydrogen) atoms. The highest BCUT2D eigenvalue weighted by Crippen LogP contribution is 2.21. The van der Waals surface area contributed by atoms with Crippen molar-refractivity contribution in [1.82, 2.24) is 29.0 Å². The summed E-state index contributed by atoms with van der Waals surface area (Å²) >= 11 is 0. The van der Waals surface area contributed by atoms with Gasteiger partial charge in [0.2, 0.25) is 5.78 Å². The summed E-state index contributed by atoms with van der Waals surface area (Å²) in [6.07, 6.45) is 8.48. The highest BCUT2D eigenvalue weighted by atomic mass is 15.3. The number of rotatable bonds is 4. The van der Waals surface area contributed by atoms with Crippen molar-refractivity contribution in [2.24, 2.45) is 0 Å². The Morgan fingerprint density at radius 1 is 1.26 bits per heavy atom. The van der Waals surface area contributed by atoms with Crippen molar-refractivity contribution in [3.8, 4) is 0 Å². The van der Waals surface area contributed by atoms with Crippen LogP contribution < -0.4 is 0 Å². The smallest absolute Gasteiger partial charge is 0.234 e. The Bertz CT molecular complexity index is 804. The van der Waals surface area contributed by atoms with Crippen molar-refractivity contribution in [3.63, 3.8) is 0 Å². The predicted molar refractivity (Wildman–Crippen MR) is 88.1 cm³/mol. The van der Waals surface area contributed by atoms with Crippen LogP contribution in [0.25, 0.3) is 5.78 Å². The van der Waals surface area contributed by atoms with Gasteiger partial charge in [0.15, 0.2) is 0 Å². The summed E-state index contributed by atoms with van der Waals surface area (Å²) in [7, 11) is 0. The molecule has 1 aliphatic rings. The van der Waals surface area contributed by atoms with Crippen LogP contribution in [0.3, 0.4) is 0 Å². The van der Waals surface area contributed by atoms with Gasteiger partial charge in [0.05, 0.1) is 12.2 Å². The molecule has 1 atom stereocenters. The van der Waals surface area contributed by atoms with Crippen LogP contribution in [0.4, 0.5) is 0 Å². The third-order valence-electron chi connectivity index (χ3n) is 4.63. The summed E-state index contributed by atoms with van der Waals surface area (Å²) in [5.74, 6) is 0.806. The van der Waals surface area contributed by atoms with Gasteiger partial charge in [0.1, 0.15) is 0 Å². The van der Waals surface area contributed by atoms with E-state index in [1.165, 1.54) is 18.5 Å². The molecule has 0 amide bonds. The van der Waals surface area contributed by atoms with Gasteiger partial charge in [0, 0.05) is 42.6 Å². The lowest BCUT2D eigenvalue weighted by Crippen LogP contribution is -2.32. The summed E-state index contributed by atoms with van der Waals surface area (Å²) in [5.41, 5.74) is 3.30. The van der Waals surface area contributed by atoms with Crippen LogP contribution in [-0.4, -0.2) is 41.6 Å². The van der Waals surface area contributed by atoms with E-state index in [2.05, 4.69) is 38.6 Å². The van der Waals surface area contributed by atoms with Gasteiger partial charge in [-0.05, 0) is 45.4 Å². The third-order valence-corrected chi connectivity index (χ3v) is 4.63. The Balaban J connectivity index is 1.53. The quantitative estimate of drug-likeness (QED) is 0.741. The van der Waals surface area contributed by atoms with E-state index in [1.807, 2.05) is 30.1 Å². The molecule has 0 spiro atoms. The average molecular weight is 310 g/mol. The molecule has 3 aromatic heterocycles. The topological polar surface area (TPSA) is 51.2 Å². The van der Waals surface area contributed by atoms with Gasteiger partial charge in [-0.2, -0.15) is 5.10 Å². The van der Waals surface area contributed by atoms with Crippen LogP contribution in [0.1, 0.15) is 29.9 Å². The van der Waals surface area contributed by atoms with E-state index >= 15 is 0 Å². The summed E-state index contributed by atoms with van der Waals surface area (Å²) in [6.45, 7) is 7.08. The monoisotopic (exact) mass is 310 g/mol. The molecule has 6 heteroatoms. The average Bonchev–Trinajstić information content (AvgIpc) is 3.22. The lowest BCUT2D eigenvalue weighted by molar-refractivity contribution is 0.217. The molecule has 3 aromatic rings. The minimum absolute atomic E-state index is 0.538. The van der Waals surface area contributed by atoms with Crippen molar-refractivity contribution in [2.45, 2.75) is 45.8 Å². The standard InChI is InChI=1S/C17H22N6/c1-13-9-14(2)23-11-15(20-17(23)19-13)10-21-7-3-5-16(21)12-22-8-4-6-18-22/h4,6,8-9,11,16H,3,5,7,10,12H2,1-2H3/t16-/m1/s1. The molecule has 120 valence electrons. The maximum Gasteiger partial charge on any atom is 0.234 e. The Kier molecular flexibility index (Phi) is 3.61. The zero-order valence-corrected chi connectivity index (χ0v) is 13.7. The molecule has 4 rings (SSSR count). The second kappa shape index (κ2) is 5.77. The summed E-state index contributed by atoms with van der Waals surface area (Å²) < 4.78 is 4.11. The number of hydrogen-bond acceptors (Lipinski definition) is 4. The largest absolute Gasteiger partial charge is 0.293 e. The minimum Gasteiger partial charge on any atom is -0.293 e. The van der Waals surface area contributed by atoms with Gasteiger partial charge in [0.25, 0.3) is 0 Å². The Hall–Kier alpha value is -2.21. The van der Waals surface area contributed by atoms with Crippen LogP contribution in [-0.2, 0) is 13.1 Å². The first-order valence-corrected chi connectivity index (χ1v) is 8.23. The van der Waals surface area contributed by atoms with E-state index in [9.17, 15) is 0 Å². The maximum atomic E-state index is 4.72. The molecule has 1 saturated heterocycles. The van der Waals surface area contributed by atoms with Crippen molar-refractivity contribution in [1.29, 1.82) is 0 Å². The first-order chi connectivity index (χ1) is 11.2. The van der Waals surface area contributed by atoms with Gasteiger partial charge in [-0.1, -0.05) is 0 Å². The molecular weight excluding hydrogens is 288 g/mol. The predicted octanol–water partition coefficient (Wildman–Crippen LogP) is 2.21. The lowest BCUT2D eigenvalue weighted by atomic mass is 10.2. The van der Waals surface area contributed by atoms with Crippen molar-refractivity contribution < 1.29 is 0 Å². The number of aryl methyl sites for hydroxylation is 2. The van der Waals surface area contributed by atoms with Gasteiger partial charge >= 0.3 is 0 Å². The van der Waals surface area contributed by atoms with Gasteiger partial charge in [-0.25, -0.2) is 9.97 Å². The molecule has 0 N–H and O–H groups in total. The molecule has 0 aromatic carbocycles. The minimum atomic E-state index is 0.538. The molecule has 6 nitrogen and oxygen atoms in total. The molecule has 1 aliphatic heterocycles. The number of aromatic nitrogens is 5. The Morgan fingerprint density at radius 3 is 3.00 bits per heavy atom. The number of fused-ring (bicyclic) bond motifs is 1. The fraction of sp³-hybridized carbons (Fsp3) is 0.471. The van der Waals surface area contributed by atoms with Gasteiger partial charge in [-0.3, -0.25) is 14.0 Å². The first kappa shape index (κ1) is 14.4. The number of likely N-dealkylation sites (tertiary alicyclic amines) is 1. The molecule has 4 heterocycles. The molecule has 1 fully saturated rings. The van der Waals surface area contributed by atoms with E-state index in [0.29, 0.717) is 6.04 Å². The summed E-state index contributed by atoms with van der Waals surface area (Å²) in [4.78, 5) is 11.8. The van der Waals surface area contributed by atoms with Crippen LogP contribution in [0.2, 0.25) is 0 Å². The lowest BCUT2D eigenvalue weighted by Gasteiger charge is -2.23. The summed E-state index contributed by atoms with van der Waals surface area (Å²) in [5, 5.41) is 4.34. The molecule has 0 saturated carbocycles. The zero-order valence-electron chi connectivity index (χ0n) is 13.7. The van der Waals surface area contributed by atoms with E-state index in [0.717, 1.165) is 36.8 Å². The van der Waals surface area contributed by atoms with Crippen LogP contribution in [0.5, 0.6) is 0 Å². The highest BCUT2D eigenvalue weighted by Gasteiger charge is 2.25. The van der Waals surface area contributed by atoms with E-state index in [4.69, 9.17) is 4.98 Å². The van der Waals surface area contributed by atoms with Crippen molar-refractivity contribution in [3.05, 3.63) is 47.8 Å². The molecule has 0 unspecified atom stereocenters. The van der Waals surface area contributed by atoms with E-state index < -0.39 is 0 Å². The Labute approximate surface area is 135 Å². The Morgan fingerprint density at radius 2 is 2.17 bits per heavy atom. The van der Waals surface area contributed by atoms with Gasteiger partial charge in [-0.15, -0.1) is 0 Å². The molecule has 0 aliphatic carbocycles. The van der Waals surface area contributed by atoms with E-state index in [-0.39, 0.29) is 0 Å². The first-order valence-electron chi connectivity index (χ1n) is 8.23. The van der Waals surface area contributed by atoms with Crippen LogP contribution >= 0.6 is 0 Å².